The molecule has 0 atom stereocenters. The lowest BCUT2D eigenvalue weighted by atomic mass is 10.1. The molecule has 2 rings (SSSR count). The molecule has 0 heterocycles. The minimum atomic E-state index is -0.298. The number of Topliss-reactive ketones (excluding diaryl/α,β-unsaturated/α-hetero) is 1. The van der Waals surface area contributed by atoms with Crippen molar-refractivity contribution in [2.75, 3.05) is 0 Å². The first-order valence-corrected chi connectivity index (χ1v) is 6.21. The zero-order chi connectivity index (χ0) is 15.0. The first kappa shape index (κ1) is 16.0. The van der Waals surface area contributed by atoms with Crippen LogP contribution in [-0.2, 0) is 0 Å². The summed E-state index contributed by atoms with van der Waals surface area (Å²) < 4.78 is 0. The molecule has 4 nitrogen and oxygen atoms in total. The van der Waals surface area contributed by atoms with Gasteiger partial charge in [-0.15, -0.1) is 0 Å². The third-order valence-corrected chi connectivity index (χ3v) is 2.88. The van der Waals surface area contributed by atoms with Crippen molar-refractivity contribution in [3.8, 4) is 5.75 Å². The summed E-state index contributed by atoms with van der Waals surface area (Å²) in [5.41, 5.74) is 0.519. The maximum absolute atomic E-state index is 10.9. The number of oxime groups is 1. The van der Waals surface area contributed by atoms with Crippen LogP contribution >= 0.6 is 23.2 Å². The summed E-state index contributed by atoms with van der Waals surface area (Å²) in [6.07, 6.45) is 0.870. The van der Waals surface area contributed by atoms with Crippen molar-refractivity contribution in [2.45, 2.75) is 0 Å². The zero-order valence-electron chi connectivity index (χ0n) is 10.2. The number of aromatic hydroxyl groups is 1. The van der Waals surface area contributed by atoms with Crippen LogP contribution in [0.3, 0.4) is 0 Å². The lowest BCUT2D eigenvalue weighted by Gasteiger charge is -1.93. The molecule has 2 aromatic carbocycles. The van der Waals surface area contributed by atoms with Crippen LogP contribution in [0.4, 0.5) is 0 Å². The van der Waals surface area contributed by atoms with Gasteiger partial charge in [0.15, 0.2) is 0 Å². The number of phenols is 1. The Bertz CT molecular complexity index is 601. The highest BCUT2D eigenvalue weighted by Gasteiger charge is 1.99. The number of hydrogen-bond donors (Lipinski definition) is 2. The Balaban J connectivity index is 0.000000204. The number of benzene rings is 2. The highest BCUT2D eigenvalue weighted by Crippen LogP contribution is 2.24. The molecule has 0 radical (unpaired) electrons. The molecule has 0 aliphatic carbocycles. The van der Waals surface area contributed by atoms with Crippen molar-refractivity contribution >= 4 is 35.2 Å². The third-order valence-electron chi connectivity index (χ3n) is 2.14. The van der Waals surface area contributed by atoms with Crippen LogP contribution in [0.5, 0.6) is 5.75 Å². The van der Waals surface area contributed by atoms with Crippen molar-refractivity contribution in [3.05, 3.63) is 64.1 Å². The van der Waals surface area contributed by atoms with Gasteiger partial charge in [-0.3, -0.25) is 4.79 Å². The molecule has 104 valence electrons. The molecule has 0 unspecified atom stereocenters. The topological polar surface area (TPSA) is 69.9 Å². The molecule has 0 spiro atoms. The van der Waals surface area contributed by atoms with Crippen LogP contribution in [0.2, 0.25) is 10.0 Å². The van der Waals surface area contributed by atoms with Gasteiger partial charge < -0.3 is 10.3 Å². The standard InChI is InChI=1S/C8H7NO2.C6H4Cl2O/c10-8(6-9-11)7-4-2-1-3-5-7;7-5-2-1-4(9)3-6(5)8/h1-6,11H;1-3,9H. The van der Waals surface area contributed by atoms with Crippen molar-refractivity contribution in [3.63, 3.8) is 0 Å². The van der Waals surface area contributed by atoms with Crippen molar-refractivity contribution < 1.29 is 15.1 Å². The third kappa shape index (κ3) is 5.30. The number of carbonyl (C=O) groups is 1. The average Bonchev–Trinajstić information content (AvgIpc) is 2.45. The van der Waals surface area contributed by atoms with Crippen molar-refractivity contribution in [1.82, 2.24) is 0 Å². The van der Waals surface area contributed by atoms with E-state index in [-0.39, 0.29) is 11.5 Å². The highest BCUT2D eigenvalue weighted by atomic mass is 35.5. The Labute approximate surface area is 125 Å². The smallest absolute Gasteiger partial charge is 0.207 e. The monoisotopic (exact) mass is 311 g/mol. The summed E-state index contributed by atoms with van der Waals surface area (Å²) >= 11 is 11.1. The molecule has 0 aromatic heterocycles. The highest BCUT2D eigenvalue weighted by molar-refractivity contribution is 6.42. The van der Waals surface area contributed by atoms with Gasteiger partial charge in [-0.05, 0) is 18.2 Å². The molecule has 2 N–H and O–H groups in total. The molecule has 0 saturated heterocycles. The van der Waals surface area contributed by atoms with Crippen LogP contribution in [0.15, 0.2) is 53.7 Å². The van der Waals surface area contributed by atoms with Gasteiger partial charge in [-0.25, -0.2) is 0 Å². The second kappa shape index (κ2) is 8.19. The van der Waals surface area contributed by atoms with Gasteiger partial charge >= 0.3 is 0 Å². The van der Waals surface area contributed by atoms with Gasteiger partial charge in [0, 0.05) is 5.56 Å². The van der Waals surface area contributed by atoms with Crippen LogP contribution in [0.1, 0.15) is 10.4 Å². The number of rotatable bonds is 2. The van der Waals surface area contributed by atoms with E-state index in [9.17, 15) is 4.79 Å². The Morgan fingerprint density at radius 2 is 1.70 bits per heavy atom. The Kier molecular flexibility index (Phi) is 6.56. The van der Waals surface area contributed by atoms with E-state index in [4.69, 9.17) is 33.5 Å². The van der Waals surface area contributed by atoms with Crippen molar-refractivity contribution in [2.24, 2.45) is 5.16 Å². The molecule has 6 heteroatoms. The minimum absolute atomic E-state index is 0.129. The zero-order valence-corrected chi connectivity index (χ0v) is 11.7. The fraction of sp³-hybridized carbons (Fsp3) is 0. The van der Waals surface area contributed by atoms with E-state index in [1.165, 1.54) is 12.1 Å². The van der Waals surface area contributed by atoms with E-state index in [1.54, 1.807) is 30.3 Å². The molecule has 0 saturated carbocycles. The second-order valence-electron chi connectivity index (χ2n) is 3.57. The molecule has 0 fully saturated rings. The number of halogens is 2. The predicted molar refractivity (Wildman–Crippen MR) is 79.2 cm³/mol. The number of hydrogen-bond acceptors (Lipinski definition) is 4. The summed E-state index contributed by atoms with van der Waals surface area (Å²) in [7, 11) is 0. The normalized spacial score (nSPS) is 9.90. The Hall–Kier alpha value is -2.04. The van der Waals surface area contributed by atoms with Crippen LogP contribution in [0.25, 0.3) is 0 Å². The lowest BCUT2D eigenvalue weighted by molar-refractivity contribution is 0.106. The predicted octanol–water partition coefficient (Wildman–Crippen LogP) is 4.03. The van der Waals surface area contributed by atoms with E-state index in [0.717, 1.165) is 6.21 Å². The molecule has 0 aliphatic heterocycles. The molecule has 0 bridgehead atoms. The Morgan fingerprint density at radius 1 is 1.05 bits per heavy atom. The Morgan fingerprint density at radius 3 is 2.20 bits per heavy atom. The van der Waals surface area contributed by atoms with Crippen LogP contribution in [-0.4, -0.2) is 22.3 Å². The average molecular weight is 312 g/mol. The second-order valence-corrected chi connectivity index (χ2v) is 4.39. The molecular weight excluding hydrogens is 301 g/mol. The summed E-state index contributed by atoms with van der Waals surface area (Å²) in [6.45, 7) is 0. The van der Waals surface area contributed by atoms with Gasteiger partial charge in [0.25, 0.3) is 0 Å². The van der Waals surface area contributed by atoms with Crippen molar-refractivity contribution in [1.29, 1.82) is 0 Å². The molecular formula is C14H11Cl2NO3. The molecule has 0 amide bonds. The maximum atomic E-state index is 10.9. The van der Waals surface area contributed by atoms with Crippen LogP contribution < -0.4 is 0 Å². The summed E-state index contributed by atoms with van der Waals surface area (Å²) in [6, 6.07) is 13.0. The number of phenolic OH excluding ortho intramolecular Hbond substituents is 1. The fourth-order valence-electron chi connectivity index (χ4n) is 1.21. The number of nitrogens with zero attached hydrogens (tertiary/aromatic N) is 1. The molecule has 20 heavy (non-hydrogen) atoms. The van der Waals surface area contributed by atoms with E-state index in [0.29, 0.717) is 15.6 Å². The minimum Gasteiger partial charge on any atom is -0.508 e. The first-order valence-electron chi connectivity index (χ1n) is 5.45. The first-order chi connectivity index (χ1) is 9.54. The number of ketones is 1. The van der Waals surface area contributed by atoms with E-state index < -0.39 is 0 Å². The number of carbonyl (C=O) groups excluding carboxylic acids is 1. The molecule has 2 aromatic rings. The van der Waals surface area contributed by atoms with Gasteiger partial charge in [0.05, 0.1) is 10.0 Å². The quantitative estimate of drug-likeness (QED) is 0.381. The largest absolute Gasteiger partial charge is 0.508 e. The van der Waals surface area contributed by atoms with Gasteiger partial charge in [-0.2, -0.15) is 0 Å². The van der Waals surface area contributed by atoms with Crippen LogP contribution in [0, 0.1) is 0 Å². The lowest BCUT2D eigenvalue weighted by Crippen LogP contribution is -1.98. The summed E-state index contributed by atoms with van der Waals surface area (Å²) in [4.78, 5) is 10.9. The van der Waals surface area contributed by atoms with E-state index in [1.807, 2.05) is 6.07 Å². The van der Waals surface area contributed by atoms with E-state index >= 15 is 0 Å². The molecule has 0 aliphatic rings. The summed E-state index contributed by atoms with van der Waals surface area (Å²) in [5, 5.41) is 20.3. The fourth-order valence-corrected chi connectivity index (χ4v) is 1.51. The van der Waals surface area contributed by atoms with Gasteiger partial charge in [0.1, 0.15) is 12.0 Å². The SMILES string of the molecule is O=C(C=NO)c1ccccc1.Oc1ccc(Cl)c(Cl)c1. The van der Waals surface area contributed by atoms with Gasteiger partial charge in [-0.1, -0.05) is 58.7 Å². The van der Waals surface area contributed by atoms with Gasteiger partial charge in [0.2, 0.25) is 5.78 Å². The summed E-state index contributed by atoms with van der Waals surface area (Å²) in [5.74, 6) is -0.169. The van der Waals surface area contributed by atoms with E-state index in [2.05, 4.69) is 5.16 Å². The maximum Gasteiger partial charge on any atom is 0.207 e.